The summed E-state index contributed by atoms with van der Waals surface area (Å²) in [5, 5.41) is 18.3. The second-order valence-corrected chi connectivity index (χ2v) is 4.85. The van der Waals surface area contributed by atoms with Crippen molar-refractivity contribution in [3.8, 4) is 0 Å². The molecule has 1 fully saturated rings. The van der Waals surface area contributed by atoms with Gasteiger partial charge in [0.1, 0.15) is 5.82 Å². The van der Waals surface area contributed by atoms with Gasteiger partial charge in [-0.15, -0.1) is 0 Å². The van der Waals surface area contributed by atoms with Gasteiger partial charge in [0.2, 0.25) is 0 Å². The molecule has 1 saturated carbocycles. The van der Waals surface area contributed by atoms with Crippen molar-refractivity contribution < 1.29 is 19.2 Å². The Morgan fingerprint density at radius 2 is 2.11 bits per heavy atom. The topological polar surface area (TPSA) is 49.7 Å². The minimum Gasteiger partial charge on any atom is -0.423 e. The zero-order chi connectivity index (χ0) is 13.0. The molecule has 3 nitrogen and oxygen atoms in total. The monoisotopic (exact) mass is 252 g/mol. The van der Waals surface area contributed by atoms with Gasteiger partial charge >= 0.3 is 7.12 Å². The van der Waals surface area contributed by atoms with Crippen molar-refractivity contribution in [3.63, 3.8) is 0 Å². The summed E-state index contributed by atoms with van der Waals surface area (Å²) < 4.78 is 18.5. The van der Waals surface area contributed by atoms with Crippen molar-refractivity contribution >= 4 is 12.6 Å². The second-order valence-electron chi connectivity index (χ2n) is 4.85. The molecule has 1 aliphatic rings. The Morgan fingerprint density at radius 3 is 2.72 bits per heavy atom. The lowest BCUT2D eigenvalue weighted by Gasteiger charge is -2.24. The highest BCUT2D eigenvalue weighted by Gasteiger charge is 2.18. The van der Waals surface area contributed by atoms with Gasteiger partial charge in [0.25, 0.3) is 0 Å². The Labute approximate surface area is 107 Å². The Balaban J connectivity index is 1.83. The van der Waals surface area contributed by atoms with Crippen molar-refractivity contribution in [1.29, 1.82) is 0 Å². The number of hydrogen-bond donors (Lipinski definition) is 2. The van der Waals surface area contributed by atoms with Gasteiger partial charge in [-0.05, 0) is 35.5 Å². The van der Waals surface area contributed by atoms with Crippen molar-refractivity contribution in [2.45, 2.75) is 32.3 Å². The minimum atomic E-state index is -1.66. The molecule has 5 heteroatoms. The number of rotatable bonds is 6. The summed E-state index contributed by atoms with van der Waals surface area (Å²) in [6.07, 6.45) is 4.96. The van der Waals surface area contributed by atoms with Crippen LogP contribution in [0.4, 0.5) is 4.39 Å². The molecule has 2 rings (SSSR count). The van der Waals surface area contributed by atoms with Gasteiger partial charge in [-0.3, -0.25) is 0 Å². The first-order valence-electron chi connectivity index (χ1n) is 6.39. The quantitative estimate of drug-likeness (QED) is 0.591. The normalized spacial score (nSPS) is 15.5. The van der Waals surface area contributed by atoms with Crippen molar-refractivity contribution in [2.75, 3.05) is 6.61 Å². The maximum atomic E-state index is 13.0. The van der Waals surface area contributed by atoms with Gasteiger partial charge in [0.15, 0.2) is 0 Å². The van der Waals surface area contributed by atoms with E-state index in [1.165, 1.54) is 31.4 Å². The van der Waals surface area contributed by atoms with E-state index < -0.39 is 12.9 Å². The van der Waals surface area contributed by atoms with Crippen LogP contribution in [-0.2, 0) is 11.3 Å². The molecule has 0 aromatic heterocycles. The van der Waals surface area contributed by atoms with Gasteiger partial charge < -0.3 is 14.8 Å². The smallest absolute Gasteiger partial charge is 0.423 e. The SMILES string of the molecule is OB(O)c1cc(F)ccc1COCCC1CCC1. The predicted octanol–water partition coefficient (Wildman–Crippen LogP) is 1.21. The van der Waals surface area contributed by atoms with Crippen LogP contribution < -0.4 is 5.46 Å². The van der Waals surface area contributed by atoms with Crippen LogP contribution in [0.3, 0.4) is 0 Å². The maximum Gasteiger partial charge on any atom is 0.488 e. The van der Waals surface area contributed by atoms with E-state index in [-0.39, 0.29) is 5.46 Å². The van der Waals surface area contributed by atoms with E-state index in [0.717, 1.165) is 18.4 Å². The molecule has 0 unspecified atom stereocenters. The number of benzene rings is 1. The molecule has 0 heterocycles. The summed E-state index contributed by atoms with van der Waals surface area (Å²) in [6.45, 7) is 0.961. The molecule has 98 valence electrons. The lowest BCUT2D eigenvalue weighted by Crippen LogP contribution is -2.33. The van der Waals surface area contributed by atoms with E-state index >= 15 is 0 Å². The summed E-state index contributed by atoms with van der Waals surface area (Å²) in [5.41, 5.74) is 0.804. The van der Waals surface area contributed by atoms with Crippen LogP contribution in [0.1, 0.15) is 31.2 Å². The molecule has 1 aliphatic carbocycles. The largest absolute Gasteiger partial charge is 0.488 e. The van der Waals surface area contributed by atoms with Crippen molar-refractivity contribution in [2.24, 2.45) is 5.92 Å². The Morgan fingerprint density at radius 1 is 1.33 bits per heavy atom. The Bertz CT molecular complexity index is 394. The average molecular weight is 252 g/mol. The standard InChI is InChI=1S/C13H18BFO3/c15-12-5-4-11(13(8-12)14(16)17)9-18-7-6-10-2-1-3-10/h4-5,8,10,16-17H,1-3,6-7,9H2. The summed E-state index contributed by atoms with van der Waals surface area (Å²) in [4.78, 5) is 0. The van der Waals surface area contributed by atoms with Crippen molar-refractivity contribution in [1.82, 2.24) is 0 Å². The molecule has 1 aromatic carbocycles. The number of hydrogen-bond acceptors (Lipinski definition) is 3. The van der Waals surface area contributed by atoms with E-state index in [1.54, 1.807) is 0 Å². The predicted molar refractivity (Wildman–Crippen MR) is 67.8 cm³/mol. The molecule has 0 bridgehead atoms. The van der Waals surface area contributed by atoms with Crippen LogP contribution >= 0.6 is 0 Å². The van der Waals surface area contributed by atoms with Crippen LogP contribution in [0.25, 0.3) is 0 Å². The Hall–Kier alpha value is -0.905. The lowest BCUT2D eigenvalue weighted by molar-refractivity contribution is 0.0953. The fraction of sp³-hybridized carbons (Fsp3) is 0.538. The third-order valence-electron chi connectivity index (χ3n) is 3.54. The molecular formula is C13H18BFO3. The number of halogens is 1. The molecule has 1 aromatic rings. The van der Waals surface area contributed by atoms with Gasteiger partial charge in [0, 0.05) is 6.61 Å². The van der Waals surface area contributed by atoms with Gasteiger partial charge in [-0.25, -0.2) is 4.39 Å². The summed E-state index contributed by atoms with van der Waals surface area (Å²) in [7, 11) is -1.66. The third-order valence-corrected chi connectivity index (χ3v) is 3.54. The lowest BCUT2D eigenvalue weighted by atomic mass is 9.77. The third kappa shape index (κ3) is 3.54. The molecule has 0 spiro atoms. The van der Waals surface area contributed by atoms with Crippen molar-refractivity contribution in [3.05, 3.63) is 29.6 Å². The molecular weight excluding hydrogens is 234 g/mol. The highest BCUT2D eigenvalue weighted by molar-refractivity contribution is 6.59. The van der Waals surface area contributed by atoms with Gasteiger partial charge in [-0.2, -0.15) is 0 Å². The fourth-order valence-electron chi connectivity index (χ4n) is 2.15. The molecule has 0 amide bonds. The van der Waals surface area contributed by atoms with E-state index in [0.29, 0.717) is 18.8 Å². The highest BCUT2D eigenvalue weighted by Crippen LogP contribution is 2.29. The van der Waals surface area contributed by atoms with Gasteiger partial charge in [0.05, 0.1) is 6.61 Å². The zero-order valence-corrected chi connectivity index (χ0v) is 10.3. The van der Waals surface area contributed by atoms with E-state index in [4.69, 9.17) is 14.8 Å². The van der Waals surface area contributed by atoms with E-state index in [2.05, 4.69) is 0 Å². The summed E-state index contributed by atoms with van der Waals surface area (Å²) >= 11 is 0. The van der Waals surface area contributed by atoms with Crippen LogP contribution in [0.5, 0.6) is 0 Å². The molecule has 0 aliphatic heterocycles. The molecule has 0 radical (unpaired) electrons. The van der Waals surface area contributed by atoms with Gasteiger partial charge in [-0.1, -0.05) is 25.3 Å². The minimum absolute atomic E-state index is 0.179. The average Bonchev–Trinajstić information content (AvgIpc) is 2.27. The first-order valence-corrected chi connectivity index (χ1v) is 6.39. The van der Waals surface area contributed by atoms with Crippen LogP contribution in [0, 0.1) is 11.7 Å². The van der Waals surface area contributed by atoms with Crippen LogP contribution in [-0.4, -0.2) is 23.8 Å². The molecule has 2 N–H and O–H groups in total. The highest BCUT2D eigenvalue weighted by atomic mass is 19.1. The molecule has 0 saturated heterocycles. The molecule has 0 atom stereocenters. The summed E-state index contributed by atoms with van der Waals surface area (Å²) in [6, 6.07) is 3.97. The zero-order valence-electron chi connectivity index (χ0n) is 10.3. The fourth-order valence-corrected chi connectivity index (χ4v) is 2.15. The second kappa shape index (κ2) is 6.32. The van der Waals surface area contributed by atoms with E-state index in [9.17, 15) is 4.39 Å². The number of ether oxygens (including phenoxy) is 1. The molecule has 18 heavy (non-hydrogen) atoms. The first-order chi connectivity index (χ1) is 8.66. The summed E-state index contributed by atoms with van der Waals surface area (Å²) in [5.74, 6) is 0.317. The van der Waals surface area contributed by atoms with E-state index in [1.807, 2.05) is 0 Å². The van der Waals surface area contributed by atoms with Crippen LogP contribution in [0.15, 0.2) is 18.2 Å². The Kier molecular flexibility index (Phi) is 4.75. The van der Waals surface area contributed by atoms with Crippen LogP contribution in [0.2, 0.25) is 0 Å². The first kappa shape index (κ1) is 13.5. The maximum absolute atomic E-state index is 13.0.